The maximum Gasteiger partial charge on any atom is 0.188 e. The van der Waals surface area contributed by atoms with Gasteiger partial charge in [0.15, 0.2) is 15.8 Å². The van der Waals surface area contributed by atoms with Gasteiger partial charge in [-0.15, -0.1) is 24.0 Å². The van der Waals surface area contributed by atoms with Crippen molar-refractivity contribution in [3.8, 4) is 0 Å². The predicted octanol–water partition coefficient (Wildman–Crippen LogP) is 1.53. The third kappa shape index (κ3) is 6.04. The molecule has 0 aromatic heterocycles. The summed E-state index contributed by atoms with van der Waals surface area (Å²) < 4.78 is 37.2. The van der Waals surface area contributed by atoms with Crippen LogP contribution in [0.5, 0.6) is 0 Å². The summed E-state index contributed by atoms with van der Waals surface area (Å²) in [4.78, 5) is 3.68. The summed E-state index contributed by atoms with van der Waals surface area (Å²) in [5, 5.41) is 2.69. The molecule has 0 aliphatic heterocycles. The minimum absolute atomic E-state index is 0. The molecule has 0 aliphatic rings. The van der Waals surface area contributed by atoms with E-state index in [-0.39, 0.29) is 47.1 Å². The lowest BCUT2D eigenvalue weighted by atomic mass is 10.3. The van der Waals surface area contributed by atoms with Gasteiger partial charge in [-0.25, -0.2) is 12.8 Å². The smallest absolute Gasteiger partial charge is 0.188 e. The average Bonchev–Trinajstić information content (AvgIpc) is 2.36. The highest BCUT2D eigenvalue weighted by Gasteiger charge is 2.18. The highest BCUT2D eigenvalue weighted by Crippen LogP contribution is 2.14. The fourth-order valence-electron chi connectivity index (χ4n) is 1.41. The number of rotatable bonds is 6. The van der Waals surface area contributed by atoms with Crippen LogP contribution in [0.25, 0.3) is 0 Å². The molecular weight excluding hydrogens is 396 g/mol. The van der Waals surface area contributed by atoms with Gasteiger partial charge in [0.05, 0.1) is 5.75 Å². The summed E-state index contributed by atoms with van der Waals surface area (Å²) in [6, 6.07) is 5.30. The van der Waals surface area contributed by atoms with Gasteiger partial charge in [-0.3, -0.25) is 4.99 Å². The Kier molecular flexibility index (Phi) is 8.70. The number of hydrogen-bond acceptors (Lipinski definition) is 3. The minimum atomic E-state index is -3.66. The molecule has 0 aliphatic carbocycles. The molecule has 0 bridgehead atoms. The fourth-order valence-corrected chi connectivity index (χ4v) is 2.65. The largest absolute Gasteiger partial charge is 0.370 e. The van der Waals surface area contributed by atoms with Gasteiger partial charge >= 0.3 is 0 Å². The third-order valence-electron chi connectivity index (χ3n) is 2.35. The fraction of sp³-hybridized carbons (Fsp3) is 0.417. The SMILES string of the molecule is CCCN=C(N)NCCS(=O)(=O)c1ccccc1F.I. The lowest BCUT2D eigenvalue weighted by molar-refractivity contribution is 0.566. The molecule has 1 aromatic carbocycles. The van der Waals surface area contributed by atoms with Crippen LogP contribution >= 0.6 is 24.0 Å². The predicted molar refractivity (Wildman–Crippen MR) is 88.7 cm³/mol. The van der Waals surface area contributed by atoms with Crippen LogP contribution in [0.1, 0.15) is 13.3 Å². The van der Waals surface area contributed by atoms with Gasteiger partial charge in [0, 0.05) is 13.1 Å². The third-order valence-corrected chi connectivity index (χ3v) is 4.10. The zero-order valence-corrected chi connectivity index (χ0v) is 14.3. The molecule has 0 heterocycles. The van der Waals surface area contributed by atoms with Crippen LogP contribution in [0.15, 0.2) is 34.2 Å². The molecule has 1 aromatic rings. The van der Waals surface area contributed by atoms with Crippen molar-refractivity contribution in [2.75, 3.05) is 18.8 Å². The van der Waals surface area contributed by atoms with Crippen molar-refractivity contribution in [3.05, 3.63) is 30.1 Å². The van der Waals surface area contributed by atoms with E-state index in [1.54, 1.807) is 0 Å². The van der Waals surface area contributed by atoms with E-state index in [1.807, 2.05) is 6.92 Å². The number of sulfone groups is 1. The van der Waals surface area contributed by atoms with Crippen LogP contribution in [0.4, 0.5) is 4.39 Å². The molecule has 0 saturated carbocycles. The minimum Gasteiger partial charge on any atom is -0.370 e. The van der Waals surface area contributed by atoms with Gasteiger partial charge in [-0.1, -0.05) is 19.1 Å². The first-order valence-electron chi connectivity index (χ1n) is 5.98. The number of aliphatic imine (C=N–C) groups is 1. The first-order chi connectivity index (χ1) is 8.97. The molecule has 0 amide bonds. The van der Waals surface area contributed by atoms with E-state index in [2.05, 4.69) is 10.3 Å². The topological polar surface area (TPSA) is 84.5 Å². The maximum atomic E-state index is 13.4. The molecule has 1 rings (SSSR count). The molecule has 0 atom stereocenters. The van der Waals surface area contributed by atoms with Crippen molar-refractivity contribution in [3.63, 3.8) is 0 Å². The number of guanidine groups is 1. The lowest BCUT2D eigenvalue weighted by Gasteiger charge is -2.07. The number of nitrogens with one attached hydrogen (secondary N) is 1. The quantitative estimate of drug-likeness (QED) is 0.420. The second kappa shape index (κ2) is 9.11. The molecule has 114 valence electrons. The van der Waals surface area contributed by atoms with E-state index in [1.165, 1.54) is 18.2 Å². The van der Waals surface area contributed by atoms with Crippen molar-refractivity contribution >= 4 is 39.8 Å². The molecule has 5 nitrogen and oxygen atoms in total. The van der Waals surface area contributed by atoms with Gasteiger partial charge in [0.25, 0.3) is 0 Å². The standard InChI is InChI=1S/C12H18FN3O2S.HI/c1-2-7-15-12(14)16-8-9-19(17,18)11-6-4-3-5-10(11)13;/h3-6H,2,7-9H2,1H3,(H3,14,15,16);1H. The van der Waals surface area contributed by atoms with Crippen molar-refractivity contribution in [2.45, 2.75) is 18.2 Å². The molecule has 0 radical (unpaired) electrons. The first kappa shape index (κ1) is 19.1. The van der Waals surface area contributed by atoms with E-state index in [9.17, 15) is 12.8 Å². The van der Waals surface area contributed by atoms with Crippen molar-refractivity contribution in [1.82, 2.24) is 5.32 Å². The maximum absolute atomic E-state index is 13.4. The highest BCUT2D eigenvalue weighted by atomic mass is 127. The Hall–Kier alpha value is -0.900. The average molecular weight is 415 g/mol. The van der Waals surface area contributed by atoms with Gasteiger partial charge in [-0.05, 0) is 18.6 Å². The molecule has 8 heteroatoms. The first-order valence-corrected chi connectivity index (χ1v) is 7.63. The Bertz CT molecular complexity index is 549. The van der Waals surface area contributed by atoms with Gasteiger partial charge < -0.3 is 11.1 Å². The van der Waals surface area contributed by atoms with Gasteiger partial charge in [0.1, 0.15) is 10.7 Å². The molecular formula is C12H19FIN3O2S. The van der Waals surface area contributed by atoms with E-state index < -0.39 is 15.7 Å². The zero-order valence-electron chi connectivity index (χ0n) is 11.2. The van der Waals surface area contributed by atoms with E-state index in [0.717, 1.165) is 12.5 Å². The summed E-state index contributed by atoms with van der Waals surface area (Å²) >= 11 is 0. The molecule has 0 fully saturated rings. The van der Waals surface area contributed by atoms with Crippen LogP contribution in [-0.2, 0) is 9.84 Å². The van der Waals surface area contributed by atoms with Crippen LogP contribution in [-0.4, -0.2) is 33.2 Å². The Labute approximate surface area is 135 Å². The monoisotopic (exact) mass is 415 g/mol. The number of nitrogens with two attached hydrogens (primary N) is 1. The van der Waals surface area contributed by atoms with Gasteiger partial charge in [-0.2, -0.15) is 0 Å². The van der Waals surface area contributed by atoms with Crippen LogP contribution in [0, 0.1) is 5.82 Å². The van der Waals surface area contributed by atoms with E-state index in [0.29, 0.717) is 6.54 Å². The summed E-state index contributed by atoms with van der Waals surface area (Å²) in [6.07, 6.45) is 0.857. The second-order valence-electron chi connectivity index (χ2n) is 3.94. The van der Waals surface area contributed by atoms with Crippen molar-refractivity contribution in [1.29, 1.82) is 0 Å². The van der Waals surface area contributed by atoms with Crippen molar-refractivity contribution < 1.29 is 12.8 Å². The normalized spacial score (nSPS) is 11.8. The van der Waals surface area contributed by atoms with Gasteiger partial charge in [0.2, 0.25) is 0 Å². The summed E-state index contributed by atoms with van der Waals surface area (Å²) in [5.74, 6) is -0.781. The summed E-state index contributed by atoms with van der Waals surface area (Å²) in [6.45, 7) is 2.63. The number of nitrogens with zero attached hydrogens (tertiary/aromatic N) is 1. The molecule has 0 unspecified atom stereocenters. The lowest BCUT2D eigenvalue weighted by Crippen LogP contribution is -2.35. The second-order valence-corrected chi connectivity index (χ2v) is 6.02. The van der Waals surface area contributed by atoms with Crippen LogP contribution in [0.3, 0.4) is 0 Å². The molecule has 0 spiro atoms. The van der Waals surface area contributed by atoms with Crippen LogP contribution < -0.4 is 11.1 Å². The molecule has 3 N–H and O–H groups in total. The number of hydrogen-bond donors (Lipinski definition) is 2. The van der Waals surface area contributed by atoms with E-state index >= 15 is 0 Å². The van der Waals surface area contributed by atoms with Crippen molar-refractivity contribution in [2.24, 2.45) is 10.7 Å². The number of benzene rings is 1. The zero-order chi connectivity index (χ0) is 14.3. The Morgan fingerprint density at radius 2 is 2.05 bits per heavy atom. The number of halogens is 2. The molecule has 20 heavy (non-hydrogen) atoms. The van der Waals surface area contributed by atoms with Crippen LogP contribution in [0.2, 0.25) is 0 Å². The summed E-state index contributed by atoms with van der Waals surface area (Å²) in [5.41, 5.74) is 5.53. The Morgan fingerprint density at radius 1 is 1.40 bits per heavy atom. The molecule has 0 saturated heterocycles. The Balaban J connectivity index is 0.00000361. The van der Waals surface area contributed by atoms with E-state index in [4.69, 9.17) is 5.73 Å². The highest BCUT2D eigenvalue weighted by molar-refractivity contribution is 14.0. The Morgan fingerprint density at radius 3 is 2.65 bits per heavy atom. The summed E-state index contributed by atoms with van der Waals surface area (Å²) in [7, 11) is -3.66.